The van der Waals surface area contributed by atoms with Gasteiger partial charge in [0.05, 0.1) is 44.7 Å². The van der Waals surface area contributed by atoms with Crippen molar-refractivity contribution in [2.45, 2.75) is 34.3 Å². The molecule has 0 aromatic heterocycles. The number of carbonyl (C=O) groups excluding carboxylic acids is 4. The second-order valence-electron chi connectivity index (χ2n) is 9.36. The van der Waals surface area contributed by atoms with Crippen molar-refractivity contribution in [3.05, 3.63) is 69.7 Å². The summed E-state index contributed by atoms with van der Waals surface area (Å²) in [5, 5.41) is -2.73. The molecule has 2 aromatic rings. The number of imide groups is 1. The van der Waals surface area contributed by atoms with Crippen LogP contribution in [-0.4, -0.2) is 93.8 Å². The fourth-order valence-electron chi connectivity index (χ4n) is 4.36. The minimum absolute atomic E-state index is 0.0114. The zero-order valence-electron chi connectivity index (χ0n) is 20.0. The second kappa shape index (κ2) is 9.35. The number of hydrogen-bond donors (Lipinski definition) is 1. The number of amides is 4. The Morgan fingerprint density at radius 1 is 1.03 bits per heavy atom. The summed E-state index contributed by atoms with van der Waals surface area (Å²) in [6.45, 7) is -0.376. The first-order valence-electron chi connectivity index (χ1n) is 11.1. The summed E-state index contributed by atoms with van der Waals surface area (Å²) < 4.78 is 29.9. The van der Waals surface area contributed by atoms with Crippen molar-refractivity contribution >= 4 is 90.3 Å². The van der Waals surface area contributed by atoms with Crippen LogP contribution in [0.4, 0.5) is 8.78 Å². The number of hydrogen-bond acceptors (Lipinski definition) is 4. The number of nitrogens with zero attached hydrogens (tertiary/aromatic N) is 2. The molecule has 14 radical (unpaired) electrons. The SMILES string of the molecule is [B]C1C([B])([B])C(=O)NC(=O)[C@@]1([B])N1Cc2cc(C([B])([B])N([B])C(=O)C(F)(F)c3ccc(Cl)cc3)ccc2C1=O. The number of carbonyl (C=O) groups is 4. The van der Waals surface area contributed by atoms with Crippen molar-refractivity contribution in [2.24, 2.45) is 0 Å². The molecule has 1 saturated heterocycles. The molecule has 1 unspecified atom stereocenters. The van der Waals surface area contributed by atoms with Gasteiger partial charge in [-0.1, -0.05) is 41.7 Å². The van der Waals surface area contributed by atoms with Crippen LogP contribution in [0.3, 0.4) is 0 Å². The lowest BCUT2D eigenvalue weighted by atomic mass is 9.35. The van der Waals surface area contributed by atoms with E-state index in [2.05, 4.69) is 0 Å². The van der Waals surface area contributed by atoms with Gasteiger partial charge in [0.1, 0.15) is 7.85 Å². The molecule has 0 saturated carbocycles. The van der Waals surface area contributed by atoms with E-state index in [1.807, 2.05) is 5.32 Å². The molecular weight excluding hydrogens is 519 g/mol. The van der Waals surface area contributed by atoms with Gasteiger partial charge in [0.15, 0.2) is 0 Å². The van der Waals surface area contributed by atoms with Gasteiger partial charge >= 0.3 is 5.92 Å². The Balaban J connectivity index is 1.64. The van der Waals surface area contributed by atoms with E-state index in [9.17, 15) is 28.0 Å². The fourth-order valence-corrected chi connectivity index (χ4v) is 4.48. The van der Waals surface area contributed by atoms with Crippen LogP contribution in [0.15, 0.2) is 42.5 Å². The van der Waals surface area contributed by atoms with Gasteiger partial charge in [-0.05, 0) is 39.9 Å². The third kappa shape index (κ3) is 4.35. The Kier molecular flexibility index (Phi) is 6.98. The molecule has 0 aliphatic carbocycles. The van der Waals surface area contributed by atoms with Crippen LogP contribution < -0.4 is 5.32 Å². The first kappa shape index (κ1) is 29.1. The summed E-state index contributed by atoms with van der Waals surface area (Å²) in [6.07, 6.45) is 0. The average molecular weight is 530 g/mol. The van der Waals surface area contributed by atoms with Crippen molar-refractivity contribution in [1.82, 2.24) is 15.0 Å². The topological polar surface area (TPSA) is 86.8 Å². The van der Waals surface area contributed by atoms with Gasteiger partial charge in [0.2, 0.25) is 19.8 Å². The van der Waals surface area contributed by atoms with Crippen molar-refractivity contribution in [1.29, 1.82) is 0 Å². The van der Waals surface area contributed by atoms with Crippen molar-refractivity contribution in [3.63, 3.8) is 0 Å². The molecule has 1 fully saturated rings. The summed E-state index contributed by atoms with van der Waals surface area (Å²) in [7, 11) is 41.5. The molecule has 0 spiro atoms. The quantitative estimate of drug-likeness (QED) is 0.413. The highest BCUT2D eigenvalue weighted by atomic mass is 35.5. The van der Waals surface area contributed by atoms with Crippen LogP contribution in [0, 0.1) is 0 Å². The number of piperidine rings is 1. The van der Waals surface area contributed by atoms with E-state index in [1.54, 1.807) is 0 Å². The van der Waals surface area contributed by atoms with Crippen LogP contribution in [0.1, 0.15) is 27.0 Å². The molecule has 2 aliphatic heterocycles. The predicted molar refractivity (Wildman–Crippen MR) is 143 cm³/mol. The number of nitrogens with one attached hydrogen (secondary N) is 1. The molecule has 2 aromatic carbocycles. The molecule has 2 aliphatic rings. The van der Waals surface area contributed by atoms with E-state index in [0.717, 1.165) is 29.2 Å². The Hall–Kier alpha value is -2.88. The highest BCUT2D eigenvalue weighted by Crippen LogP contribution is 2.47. The van der Waals surface area contributed by atoms with Crippen molar-refractivity contribution in [2.75, 3.05) is 0 Å². The molecule has 4 amide bonds. The monoisotopic (exact) mass is 531 g/mol. The molecule has 7 nitrogen and oxygen atoms in total. The fraction of sp³-hybridized carbons (Fsp3) is 0.273. The maximum absolute atomic E-state index is 14.9. The van der Waals surface area contributed by atoms with Crippen LogP contribution in [0.25, 0.3) is 0 Å². The summed E-state index contributed by atoms with van der Waals surface area (Å²) in [6, 6.07) is 7.83. The first-order chi connectivity index (χ1) is 17.9. The van der Waals surface area contributed by atoms with Crippen molar-refractivity contribution < 1.29 is 28.0 Å². The molecule has 0 bridgehead atoms. The lowest BCUT2D eigenvalue weighted by Gasteiger charge is -2.52. The molecule has 17 heteroatoms. The van der Waals surface area contributed by atoms with E-state index < -0.39 is 56.9 Å². The Labute approximate surface area is 237 Å². The Morgan fingerprint density at radius 3 is 2.18 bits per heavy atom. The zero-order chi connectivity index (χ0) is 29.3. The summed E-state index contributed by atoms with van der Waals surface area (Å²) in [4.78, 5) is 51.4. The maximum atomic E-state index is 14.9. The zero-order valence-corrected chi connectivity index (χ0v) is 20.8. The van der Waals surface area contributed by atoms with Gasteiger partial charge in [-0.15, -0.1) is 0 Å². The maximum Gasteiger partial charge on any atom is 0.348 e. The normalized spacial score (nSPS) is 22.8. The number of alkyl halides is 2. The molecule has 180 valence electrons. The summed E-state index contributed by atoms with van der Waals surface area (Å²) >= 11 is 5.72. The third-order valence-corrected chi connectivity index (χ3v) is 7.14. The molecular formula is C22H11B7ClF2N3O4. The molecule has 39 heavy (non-hydrogen) atoms. The molecule has 1 N–H and O–H groups in total. The molecule has 2 atom stereocenters. The first-order valence-corrected chi connectivity index (χ1v) is 11.5. The van der Waals surface area contributed by atoms with E-state index in [4.69, 9.17) is 66.7 Å². The molecule has 4 rings (SSSR count). The lowest BCUT2D eigenvalue weighted by molar-refractivity contribution is -0.155. The number of fused-ring (bicyclic) bond motifs is 1. The van der Waals surface area contributed by atoms with Gasteiger partial charge in [-0.2, -0.15) is 8.78 Å². The number of rotatable bonds is 5. The van der Waals surface area contributed by atoms with Crippen molar-refractivity contribution in [3.8, 4) is 0 Å². The smallest absolute Gasteiger partial charge is 0.348 e. The van der Waals surface area contributed by atoms with E-state index in [0.29, 0.717) is 0 Å². The Morgan fingerprint density at radius 2 is 1.59 bits per heavy atom. The number of halogens is 3. The largest absolute Gasteiger partial charge is 0.398 e. The van der Waals surface area contributed by atoms with Crippen LogP contribution >= 0.6 is 11.6 Å². The number of benzene rings is 2. The minimum atomic E-state index is -4.13. The predicted octanol–water partition coefficient (Wildman–Crippen LogP) is -0.621. The minimum Gasteiger partial charge on any atom is -0.398 e. The third-order valence-electron chi connectivity index (χ3n) is 6.88. The van der Waals surface area contributed by atoms with Gasteiger partial charge in [-0.25, -0.2) is 0 Å². The average Bonchev–Trinajstić information content (AvgIpc) is 3.22. The van der Waals surface area contributed by atoms with Crippen LogP contribution in [0.5, 0.6) is 0 Å². The second-order valence-corrected chi connectivity index (χ2v) is 9.80. The Bertz CT molecular complexity index is 1410. The van der Waals surface area contributed by atoms with Crippen LogP contribution in [-0.2, 0) is 32.2 Å². The lowest BCUT2D eigenvalue weighted by Crippen LogP contribution is -2.70. The highest BCUT2D eigenvalue weighted by Gasteiger charge is 2.57. The van der Waals surface area contributed by atoms with Crippen LogP contribution in [0.2, 0.25) is 16.1 Å². The summed E-state index contributed by atoms with van der Waals surface area (Å²) in [5.41, 5.74) is -3.03. The molecule has 2 heterocycles. The standard InChI is InChI=1S/C22H11B7ClF2N3O4/c23-15-19(24,25)16(37)33-17(38)20(15,26)34-8-9-7-11(3-6-13(9)14(34)36)22(27,28)35(29)18(39)21(31,32)10-1-4-12(30)5-2-10/h1-7,15H,8H2,(H,33,37,38)/t15?,20-/m0/s1. The van der Waals surface area contributed by atoms with E-state index in [1.165, 1.54) is 18.2 Å². The van der Waals surface area contributed by atoms with E-state index >= 15 is 0 Å². The summed E-state index contributed by atoms with van der Waals surface area (Å²) in [5.74, 6) is -10.8. The van der Waals surface area contributed by atoms with Gasteiger partial charge < -0.3 is 9.71 Å². The van der Waals surface area contributed by atoms with Gasteiger partial charge in [0.25, 0.3) is 11.8 Å². The van der Waals surface area contributed by atoms with Gasteiger partial charge in [0, 0.05) is 22.7 Å². The van der Waals surface area contributed by atoms with Gasteiger partial charge in [-0.3, -0.25) is 24.5 Å². The van der Waals surface area contributed by atoms with E-state index in [-0.39, 0.29) is 33.1 Å². The highest BCUT2D eigenvalue weighted by molar-refractivity contribution is 6.58.